The fourth-order valence-corrected chi connectivity index (χ4v) is 2.61. The normalized spacial score (nSPS) is 10.4. The van der Waals surface area contributed by atoms with Gasteiger partial charge in [-0.05, 0) is 48.4 Å². The van der Waals surface area contributed by atoms with Gasteiger partial charge in [0.1, 0.15) is 5.75 Å². The molecule has 0 spiro atoms. The van der Waals surface area contributed by atoms with Crippen LogP contribution in [0.3, 0.4) is 0 Å². The van der Waals surface area contributed by atoms with Crippen LogP contribution >= 0.6 is 11.8 Å². The van der Waals surface area contributed by atoms with E-state index in [1.54, 1.807) is 18.9 Å². The molecule has 0 heterocycles. The second-order valence-corrected chi connectivity index (χ2v) is 5.20. The van der Waals surface area contributed by atoms with E-state index in [0.29, 0.717) is 6.54 Å². The molecule has 94 valence electrons. The van der Waals surface area contributed by atoms with Gasteiger partial charge in [0.05, 0.1) is 7.11 Å². The van der Waals surface area contributed by atoms with Crippen LogP contribution in [0.5, 0.6) is 5.75 Å². The van der Waals surface area contributed by atoms with Crippen molar-refractivity contribution in [3.8, 4) is 5.75 Å². The van der Waals surface area contributed by atoms with Crippen LogP contribution in [0, 0.1) is 6.92 Å². The van der Waals surface area contributed by atoms with Crippen LogP contribution in [-0.2, 0) is 6.54 Å². The molecule has 18 heavy (non-hydrogen) atoms. The molecule has 2 nitrogen and oxygen atoms in total. The monoisotopic (exact) mass is 259 g/mol. The van der Waals surface area contributed by atoms with Crippen LogP contribution < -0.4 is 10.5 Å². The van der Waals surface area contributed by atoms with Crippen molar-refractivity contribution >= 4 is 11.8 Å². The van der Waals surface area contributed by atoms with Gasteiger partial charge < -0.3 is 10.5 Å². The first-order chi connectivity index (χ1) is 8.72. The van der Waals surface area contributed by atoms with Crippen molar-refractivity contribution in [2.45, 2.75) is 23.3 Å². The van der Waals surface area contributed by atoms with Gasteiger partial charge in [-0.15, -0.1) is 0 Å². The zero-order chi connectivity index (χ0) is 13.0. The van der Waals surface area contributed by atoms with E-state index in [9.17, 15) is 0 Å². The summed E-state index contributed by atoms with van der Waals surface area (Å²) in [7, 11) is 1.68. The van der Waals surface area contributed by atoms with Crippen molar-refractivity contribution < 1.29 is 4.74 Å². The average Bonchev–Trinajstić information content (AvgIpc) is 2.42. The number of ether oxygens (including phenoxy) is 1. The predicted octanol–water partition coefficient (Wildman–Crippen LogP) is 3.61. The summed E-state index contributed by atoms with van der Waals surface area (Å²) in [5.74, 6) is 0.884. The van der Waals surface area contributed by atoms with Crippen molar-refractivity contribution in [2.24, 2.45) is 5.73 Å². The van der Waals surface area contributed by atoms with Gasteiger partial charge in [-0.2, -0.15) is 0 Å². The summed E-state index contributed by atoms with van der Waals surface area (Å²) >= 11 is 1.76. The van der Waals surface area contributed by atoms with Crippen LogP contribution in [0.2, 0.25) is 0 Å². The Kier molecular flexibility index (Phi) is 4.28. The van der Waals surface area contributed by atoms with Crippen molar-refractivity contribution in [3.63, 3.8) is 0 Å². The van der Waals surface area contributed by atoms with Crippen molar-refractivity contribution in [1.82, 2.24) is 0 Å². The number of benzene rings is 2. The summed E-state index contributed by atoms with van der Waals surface area (Å²) in [5, 5.41) is 0. The zero-order valence-electron chi connectivity index (χ0n) is 10.6. The number of methoxy groups -OCH3 is 1. The third-order valence-corrected chi connectivity index (χ3v) is 3.95. The van der Waals surface area contributed by atoms with Crippen LogP contribution in [0.25, 0.3) is 0 Å². The van der Waals surface area contributed by atoms with Gasteiger partial charge in [-0.1, -0.05) is 23.9 Å². The van der Waals surface area contributed by atoms with E-state index in [1.807, 2.05) is 12.1 Å². The Morgan fingerprint density at radius 2 is 1.83 bits per heavy atom. The van der Waals surface area contributed by atoms with Crippen LogP contribution in [0.4, 0.5) is 0 Å². The fourth-order valence-electron chi connectivity index (χ4n) is 1.72. The Hall–Kier alpha value is -1.45. The Morgan fingerprint density at radius 1 is 1.11 bits per heavy atom. The molecule has 0 aliphatic rings. The number of nitrogens with two attached hydrogens (primary N) is 1. The largest absolute Gasteiger partial charge is 0.497 e. The molecule has 0 radical (unpaired) electrons. The lowest BCUT2D eigenvalue weighted by Gasteiger charge is -2.08. The van der Waals surface area contributed by atoms with Gasteiger partial charge in [0.25, 0.3) is 0 Å². The first-order valence-corrected chi connectivity index (χ1v) is 6.66. The highest BCUT2D eigenvalue weighted by Gasteiger charge is 2.02. The molecule has 0 saturated heterocycles. The molecule has 2 aromatic rings. The summed E-state index contributed by atoms with van der Waals surface area (Å²) in [5.41, 5.74) is 8.07. The molecule has 0 aromatic heterocycles. The maximum absolute atomic E-state index is 5.63. The van der Waals surface area contributed by atoms with E-state index >= 15 is 0 Å². The standard InChI is InChI=1S/C15H17NOS/c1-11-9-12(10-16)3-8-15(11)18-14-6-4-13(17-2)5-7-14/h3-9H,10,16H2,1-2H3. The molecule has 0 unspecified atom stereocenters. The Labute approximate surface area is 112 Å². The highest BCUT2D eigenvalue weighted by Crippen LogP contribution is 2.31. The minimum atomic E-state index is 0.592. The van der Waals surface area contributed by atoms with Crippen molar-refractivity contribution in [1.29, 1.82) is 0 Å². The predicted molar refractivity (Wildman–Crippen MR) is 76.2 cm³/mol. The second-order valence-electron chi connectivity index (χ2n) is 4.08. The molecule has 0 aliphatic heterocycles. The first-order valence-electron chi connectivity index (χ1n) is 5.84. The van der Waals surface area contributed by atoms with E-state index in [2.05, 4.69) is 37.3 Å². The van der Waals surface area contributed by atoms with Crippen LogP contribution in [-0.4, -0.2) is 7.11 Å². The molecule has 0 fully saturated rings. The van der Waals surface area contributed by atoms with Crippen LogP contribution in [0.15, 0.2) is 52.3 Å². The lowest BCUT2D eigenvalue weighted by atomic mass is 10.1. The van der Waals surface area contributed by atoms with E-state index in [0.717, 1.165) is 5.75 Å². The third-order valence-electron chi connectivity index (χ3n) is 2.76. The molecule has 0 aliphatic carbocycles. The SMILES string of the molecule is COc1ccc(Sc2ccc(CN)cc2C)cc1. The lowest BCUT2D eigenvalue weighted by Crippen LogP contribution is -1.96. The molecular formula is C15H17NOS. The van der Waals surface area contributed by atoms with Crippen molar-refractivity contribution in [3.05, 3.63) is 53.6 Å². The molecule has 2 rings (SSSR count). The van der Waals surface area contributed by atoms with E-state index in [4.69, 9.17) is 10.5 Å². The fraction of sp³-hybridized carbons (Fsp3) is 0.200. The first kappa shape index (κ1) is 13.0. The number of hydrogen-bond donors (Lipinski definition) is 1. The Bertz CT molecular complexity index is 523. The molecule has 3 heteroatoms. The minimum absolute atomic E-state index is 0.592. The third kappa shape index (κ3) is 3.06. The quantitative estimate of drug-likeness (QED) is 0.911. The number of hydrogen-bond acceptors (Lipinski definition) is 3. The maximum atomic E-state index is 5.63. The summed E-state index contributed by atoms with van der Waals surface area (Å²) in [6, 6.07) is 14.5. The topological polar surface area (TPSA) is 35.2 Å². The summed E-state index contributed by atoms with van der Waals surface area (Å²) in [6.45, 7) is 2.71. The second kappa shape index (κ2) is 5.94. The Balaban J connectivity index is 2.17. The van der Waals surface area contributed by atoms with Crippen molar-refractivity contribution in [2.75, 3.05) is 7.11 Å². The molecule has 0 amide bonds. The molecule has 2 N–H and O–H groups in total. The summed E-state index contributed by atoms with van der Waals surface area (Å²) in [4.78, 5) is 2.47. The van der Waals surface area contributed by atoms with Gasteiger partial charge in [-0.25, -0.2) is 0 Å². The van der Waals surface area contributed by atoms with Gasteiger partial charge in [0, 0.05) is 16.3 Å². The van der Waals surface area contributed by atoms with Gasteiger partial charge in [-0.3, -0.25) is 0 Å². The van der Waals surface area contributed by atoms with Gasteiger partial charge >= 0.3 is 0 Å². The number of aryl methyl sites for hydroxylation is 1. The summed E-state index contributed by atoms with van der Waals surface area (Å²) < 4.78 is 5.15. The Morgan fingerprint density at radius 3 is 2.39 bits per heavy atom. The van der Waals surface area contributed by atoms with E-state index < -0.39 is 0 Å². The molecule has 0 atom stereocenters. The van der Waals surface area contributed by atoms with E-state index in [1.165, 1.54) is 20.9 Å². The van der Waals surface area contributed by atoms with Gasteiger partial charge in [0.2, 0.25) is 0 Å². The maximum Gasteiger partial charge on any atom is 0.118 e. The molecular weight excluding hydrogens is 242 g/mol. The highest BCUT2D eigenvalue weighted by atomic mass is 32.2. The molecule has 2 aromatic carbocycles. The van der Waals surface area contributed by atoms with Crippen LogP contribution in [0.1, 0.15) is 11.1 Å². The molecule has 0 bridgehead atoms. The van der Waals surface area contributed by atoms with E-state index in [-0.39, 0.29) is 0 Å². The van der Waals surface area contributed by atoms with Gasteiger partial charge in [0.15, 0.2) is 0 Å². The highest BCUT2D eigenvalue weighted by molar-refractivity contribution is 7.99. The smallest absolute Gasteiger partial charge is 0.118 e. The number of rotatable bonds is 4. The summed E-state index contributed by atoms with van der Waals surface area (Å²) in [6.07, 6.45) is 0. The average molecular weight is 259 g/mol. The zero-order valence-corrected chi connectivity index (χ0v) is 11.5. The lowest BCUT2D eigenvalue weighted by molar-refractivity contribution is 0.414. The molecule has 0 saturated carbocycles. The minimum Gasteiger partial charge on any atom is -0.497 e.